The number of aromatic nitrogens is 3. The van der Waals surface area contributed by atoms with Gasteiger partial charge in [0.2, 0.25) is 0 Å². The summed E-state index contributed by atoms with van der Waals surface area (Å²) >= 11 is 0. The van der Waals surface area contributed by atoms with E-state index in [1.165, 1.54) is 0 Å². The monoisotopic (exact) mass is 317 g/mol. The third kappa shape index (κ3) is 4.66. The topological polar surface area (TPSA) is 69.8 Å². The fourth-order valence-corrected chi connectivity index (χ4v) is 2.49. The number of guanidine groups is 1. The van der Waals surface area contributed by atoms with Gasteiger partial charge in [-0.1, -0.05) is 13.0 Å². The lowest BCUT2D eigenvalue weighted by molar-refractivity contribution is 0.237. The van der Waals surface area contributed by atoms with Crippen molar-refractivity contribution >= 4 is 11.6 Å². The summed E-state index contributed by atoms with van der Waals surface area (Å²) < 4.78 is 1.97. The zero-order valence-electron chi connectivity index (χ0n) is 14.5. The highest BCUT2D eigenvalue weighted by molar-refractivity contribution is 5.79. The molecule has 0 unspecified atom stereocenters. The van der Waals surface area contributed by atoms with Crippen molar-refractivity contribution in [2.75, 3.05) is 26.7 Å². The molecule has 0 fully saturated rings. The normalized spacial score (nSPS) is 12.3. The maximum Gasteiger partial charge on any atom is 0.191 e. The Morgan fingerprint density at radius 1 is 1.30 bits per heavy atom. The van der Waals surface area contributed by atoms with E-state index in [2.05, 4.69) is 51.5 Å². The first-order valence-corrected chi connectivity index (χ1v) is 8.13. The molecule has 0 aliphatic carbocycles. The summed E-state index contributed by atoms with van der Waals surface area (Å²) in [6.07, 6.45) is 1.96. The van der Waals surface area contributed by atoms with Crippen molar-refractivity contribution in [3.63, 3.8) is 0 Å². The summed E-state index contributed by atoms with van der Waals surface area (Å²) in [6, 6.07) is 6.42. The second-order valence-corrected chi connectivity index (χ2v) is 5.62. The first kappa shape index (κ1) is 17.2. The smallest absolute Gasteiger partial charge is 0.191 e. The molecule has 2 rings (SSSR count). The molecule has 7 nitrogen and oxygen atoms in total. The van der Waals surface area contributed by atoms with E-state index in [1.807, 2.05) is 28.8 Å². The SMILES string of the molecule is CCN(CCNC(=NC)NCc1nnc2ccccn12)C(C)C. The lowest BCUT2D eigenvalue weighted by Gasteiger charge is -2.25. The van der Waals surface area contributed by atoms with Gasteiger partial charge in [0.1, 0.15) is 0 Å². The van der Waals surface area contributed by atoms with Crippen molar-refractivity contribution in [1.29, 1.82) is 0 Å². The van der Waals surface area contributed by atoms with Crippen LogP contribution in [0.15, 0.2) is 29.4 Å². The molecule has 0 saturated heterocycles. The second kappa shape index (κ2) is 8.47. The molecule has 0 saturated carbocycles. The van der Waals surface area contributed by atoms with Crippen LogP contribution in [0.1, 0.15) is 26.6 Å². The first-order valence-electron chi connectivity index (χ1n) is 8.13. The summed E-state index contributed by atoms with van der Waals surface area (Å²) in [5.41, 5.74) is 0.850. The Balaban J connectivity index is 1.83. The van der Waals surface area contributed by atoms with Crippen LogP contribution in [0.2, 0.25) is 0 Å². The van der Waals surface area contributed by atoms with Crippen molar-refractivity contribution in [3.8, 4) is 0 Å². The van der Waals surface area contributed by atoms with Crippen LogP contribution in [0.5, 0.6) is 0 Å². The van der Waals surface area contributed by atoms with Gasteiger partial charge in [0.25, 0.3) is 0 Å². The van der Waals surface area contributed by atoms with E-state index in [0.29, 0.717) is 12.6 Å². The van der Waals surface area contributed by atoms with Crippen molar-refractivity contribution in [1.82, 2.24) is 30.1 Å². The van der Waals surface area contributed by atoms with Gasteiger partial charge in [-0.15, -0.1) is 10.2 Å². The number of hydrogen-bond donors (Lipinski definition) is 2. The van der Waals surface area contributed by atoms with Gasteiger partial charge in [0.05, 0.1) is 6.54 Å². The summed E-state index contributed by atoms with van der Waals surface area (Å²) in [5, 5.41) is 15.0. The molecule has 2 aromatic rings. The quantitative estimate of drug-likeness (QED) is 0.592. The lowest BCUT2D eigenvalue weighted by atomic mass is 10.3. The molecule has 0 bridgehead atoms. The molecule has 0 radical (unpaired) electrons. The van der Waals surface area contributed by atoms with E-state index in [4.69, 9.17) is 0 Å². The Morgan fingerprint density at radius 3 is 2.83 bits per heavy atom. The van der Waals surface area contributed by atoms with Crippen LogP contribution in [0.3, 0.4) is 0 Å². The van der Waals surface area contributed by atoms with E-state index in [0.717, 1.165) is 37.1 Å². The molecule has 7 heteroatoms. The van der Waals surface area contributed by atoms with Crippen LogP contribution in [0.25, 0.3) is 5.65 Å². The highest BCUT2D eigenvalue weighted by Crippen LogP contribution is 2.02. The molecule has 0 aromatic carbocycles. The van der Waals surface area contributed by atoms with Crippen molar-refractivity contribution in [3.05, 3.63) is 30.2 Å². The molecule has 0 spiro atoms. The molecule has 23 heavy (non-hydrogen) atoms. The maximum atomic E-state index is 4.25. The van der Waals surface area contributed by atoms with E-state index in [1.54, 1.807) is 7.05 Å². The van der Waals surface area contributed by atoms with Gasteiger partial charge >= 0.3 is 0 Å². The highest BCUT2D eigenvalue weighted by Gasteiger charge is 2.08. The Bertz CT molecular complexity index is 632. The Hall–Kier alpha value is -2.15. The van der Waals surface area contributed by atoms with E-state index < -0.39 is 0 Å². The third-order valence-corrected chi connectivity index (χ3v) is 3.85. The highest BCUT2D eigenvalue weighted by atomic mass is 15.3. The zero-order valence-corrected chi connectivity index (χ0v) is 14.5. The minimum Gasteiger partial charge on any atom is -0.355 e. The van der Waals surface area contributed by atoms with Crippen molar-refractivity contribution in [2.24, 2.45) is 4.99 Å². The van der Waals surface area contributed by atoms with Gasteiger partial charge < -0.3 is 10.6 Å². The van der Waals surface area contributed by atoms with Crippen LogP contribution >= 0.6 is 0 Å². The standard InChI is InChI=1S/C16H27N7/c1-5-22(13(2)3)11-9-18-16(17-4)19-12-15-21-20-14-8-6-7-10-23(14)15/h6-8,10,13H,5,9,11-12H2,1-4H3,(H2,17,18,19). The molecule has 0 aliphatic heterocycles. The molecule has 0 atom stereocenters. The number of hydrogen-bond acceptors (Lipinski definition) is 4. The van der Waals surface area contributed by atoms with Gasteiger partial charge in [-0.3, -0.25) is 14.3 Å². The third-order valence-electron chi connectivity index (χ3n) is 3.85. The van der Waals surface area contributed by atoms with Gasteiger partial charge in [-0.25, -0.2) is 0 Å². The van der Waals surface area contributed by atoms with Gasteiger partial charge in [0.15, 0.2) is 17.4 Å². The van der Waals surface area contributed by atoms with Crippen LogP contribution in [-0.2, 0) is 6.54 Å². The zero-order chi connectivity index (χ0) is 16.7. The molecule has 0 amide bonds. The number of aliphatic imine (C=N–C) groups is 1. The van der Waals surface area contributed by atoms with Crippen molar-refractivity contribution in [2.45, 2.75) is 33.4 Å². The predicted octanol–water partition coefficient (Wildman–Crippen LogP) is 1.12. The van der Waals surface area contributed by atoms with Crippen LogP contribution in [0, 0.1) is 0 Å². The van der Waals surface area contributed by atoms with Gasteiger partial charge in [0, 0.05) is 32.4 Å². The first-order chi connectivity index (χ1) is 11.2. The Labute approximate surface area is 137 Å². The number of nitrogens with one attached hydrogen (secondary N) is 2. The fourth-order valence-electron chi connectivity index (χ4n) is 2.49. The van der Waals surface area contributed by atoms with Crippen LogP contribution in [-0.4, -0.2) is 58.2 Å². The number of nitrogens with zero attached hydrogens (tertiary/aromatic N) is 5. The summed E-state index contributed by atoms with van der Waals surface area (Å²) in [7, 11) is 1.78. The van der Waals surface area contributed by atoms with Gasteiger partial charge in [-0.05, 0) is 32.5 Å². The Kier molecular flexibility index (Phi) is 6.34. The number of likely N-dealkylation sites (N-methyl/N-ethyl adjacent to an activating group) is 1. The Morgan fingerprint density at radius 2 is 2.13 bits per heavy atom. The summed E-state index contributed by atoms with van der Waals surface area (Å²) in [5.74, 6) is 1.64. The fraction of sp³-hybridized carbons (Fsp3) is 0.562. The molecular formula is C16H27N7. The predicted molar refractivity (Wildman–Crippen MR) is 93.6 cm³/mol. The van der Waals surface area contributed by atoms with E-state index >= 15 is 0 Å². The number of rotatable bonds is 7. The number of fused-ring (bicyclic) bond motifs is 1. The maximum absolute atomic E-state index is 4.25. The average molecular weight is 317 g/mol. The van der Waals surface area contributed by atoms with Crippen molar-refractivity contribution < 1.29 is 0 Å². The molecule has 0 aliphatic rings. The summed E-state index contributed by atoms with van der Waals surface area (Å²) in [4.78, 5) is 6.66. The number of pyridine rings is 1. The largest absolute Gasteiger partial charge is 0.355 e. The second-order valence-electron chi connectivity index (χ2n) is 5.62. The minimum atomic E-state index is 0.555. The molecule has 126 valence electrons. The van der Waals surface area contributed by atoms with Crippen LogP contribution in [0.4, 0.5) is 0 Å². The molecular weight excluding hydrogens is 290 g/mol. The van der Waals surface area contributed by atoms with E-state index in [-0.39, 0.29) is 0 Å². The van der Waals surface area contributed by atoms with Gasteiger partial charge in [-0.2, -0.15) is 0 Å². The molecule has 2 heterocycles. The lowest BCUT2D eigenvalue weighted by Crippen LogP contribution is -2.43. The van der Waals surface area contributed by atoms with Crippen LogP contribution < -0.4 is 10.6 Å². The minimum absolute atomic E-state index is 0.555. The summed E-state index contributed by atoms with van der Waals surface area (Å²) in [6.45, 7) is 10.1. The van der Waals surface area contributed by atoms with E-state index in [9.17, 15) is 0 Å². The molecule has 2 N–H and O–H groups in total. The molecule has 2 aromatic heterocycles. The average Bonchev–Trinajstić information content (AvgIpc) is 2.97.